The first-order valence-electron chi connectivity index (χ1n) is 9.38. The lowest BCUT2D eigenvalue weighted by Gasteiger charge is -2.54. The van der Waals surface area contributed by atoms with E-state index in [2.05, 4.69) is 5.32 Å². The number of carbonyl (C=O) groups excluding carboxylic acids is 1. The van der Waals surface area contributed by atoms with E-state index in [1.165, 1.54) is 6.92 Å². The first-order valence-corrected chi connectivity index (χ1v) is 9.38. The lowest BCUT2D eigenvalue weighted by Crippen LogP contribution is -2.63. The van der Waals surface area contributed by atoms with Crippen molar-refractivity contribution in [3.05, 3.63) is 46.4 Å². The smallest absolute Gasteiger partial charge is 0.416 e. The number of carbonyl (C=O) groups is 1. The molecule has 4 nitrogen and oxygen atoms in total. The summed E-state index contributed by atoms with van der Waals surface area (Å²) in [6.07, 6.45) is -4.01. The van der Waals surface area contributed by atoms with Crippen molar-refractivity contribution >= 4 is 5.97 Å². The van der Waals surface area contributed by atoms with Crippen LogP contribution in [0.2, 0.25) is 0 Å². The molecule has 1 N–H and O–H groups in total. The van der Waals surface area contributed by atoms with Gasteiger partial charge < -0.3 is 15.2 Å². The number of aliphatic carboxylic acids is 1. The Morgan fingerprint density at radius 3 is 2.45 bits per heavy atom. The number of rotatable bonds is 5. The van der Waals surface area contributed by atoms with E-state index in [0.29, 0.717) is 24.6 Å². The molecule has 1 heterocycles. The van der Waals surface area contributed by atoms with Crippen molar-refractivity contribution in [3.63, 3.8) is 0 Å². The van der Waals surface area contributed by atoms with Crippen LogP contribution < -0.4 is 10.4 Å². The number of carboxylic acid groups (broad SMARTS) is 1. The summed E-state index contributed by atoms with van der Waals surface area (Å²) in [5.74, 6) is -4.75. The fraction of sp³-hybridized carbons (Fsp3) is 0.524. The SMILES string of the molecule is CCCC1NC(C)=C(C#N)C(c2ccc(F)cc2C(F)(F)F)C1(C(=O)[O-])C(C)C. The Balaban J connectivity index is 2.99. The van der Waals surface area contributed by atoms with Crippen molar-refractivity contribution in [1.82, 2.24) is 5.32 Å². The van der Waals surface area contributed by atoms with E-state index in [1.54, 1.807) is 13.8 Å². The maximum absolute atomic E-state index is 13.8. The number of nitrogens with one attached hydrogen (secondary N) is 1. The van der Waals surface area contributed by atoms with Crippen LogP contribution in [-0.2, 0) is 11.0 Å². The van der Waals surface area contributed by atoms with Gasteiger partial charge in [0.15, 0.2) is 0 Å². The van der Waals surface area contributed by atoms with Crippen LogP contribution in [0.1, 0.15) is 57.6 Å². The highest BCUT2D eigenvalue weighted by molar-refractivity contribution is 5.78. The van der Waals surface area contributed by atoms with E-state index >= 15 is 0 Å². The van der Waals surface area contributed by atoms with Crippen LogP contribution in [0.4, 0.5) is 17.6 Å². The molecule has 0 saturated heterocycles. The molecule has 1 aromatic rings. The number of nitrogens with zero attached hydrogens (tertiary/aromatic N) is 1. The van der Waals surface area contributed by atoms with Crippen molar-refractivity contribution in [2.45, 2.75) is 58.7 Å². The Morgan fingerprint density at radius 1 is 1.38 bits per heavy atom. The van der Waals surface area contributed by atoms with Crippen LogP contribution in [-0.4, -0.2) is 12.0 Å². The second kappa shape index (κ2) is 8.05. The fourth-order valence-corrected chi connectivity index (χ4v) is 4.53. The van der Waals surface area contributed by atoms with Gasteiger partial charge in [-0.2, -0.15) is 18.4 Å². The van der Waals surface area contributed by atoms with Gasteiger partial charge in [-0.25, -0.2) is 4.39 Å². The number of nitriles is 1. The molecule has 1 aromatic carbocycles. The average molecular weight is 411 g/mol. The highest BCUT2D eigenvalue weighted by atomic mass is 19.4. The molecular weight excluding hydrogens is 388 g/mol. The highest BCUT2D eigenvalue weighted by Gasteiger charge is 2.55. The number of allylic oxidation sites excluding steroid dienone is 2. The van der Waals surface area contributed by atoms with Crippen LogP contribution in [0.5, 0.6) is 0 Å². The lowest BCUT2D eigenvalue weighted by atomic mass is 9.56. The van der Waals surface area contributed by atoms with E-state index in [-0.39, 0.29) is 5.57 Å². The van der Waals surface area contributed by atoms with Gasteiger partial charge in [-0.3, -0.25) is 0 Å². The van der Waals surface area contributed by atoms with Crippen molar-refractivity contribution in [1.29, 1.82) is 5.26 Å². The zero-order valence-corrected chi connectivity index (χ0v) is 16.7. The van der Waals surface area contributed by atoms with Gasteiger partial charge in [0.2, 0.25) is 0 Å². The summed E-state index contributed by atoms with van der Waals surface area (Å²) in [5.41, 5.74) is -3.36. The Bertz CT molecular complexity index is 870. The third kappa shape index (κ3) is 3.70. The summed E-state index contributed by atoms with van der Waals surface area (Å²) in [6, 6.07) is 3.26. The lowest BCUT2D eigenvalue weighted by molar-refractivity contribution is -0.325. The summed E-state index contributed by atoms with van der Waals surface area (Å²) in [7, 11) is 0. The monoisotopic (exact) mass is 411 g/mol. The van der Waals surface area contributed by atoms with Crippen LogP contribution in [0.25, 0.3) is 0 Å². The molecule has 3 atom stereocenters. The van der Waals surface area contributed by atoms with E-state index < -0.39 is 52.4 Å². The molecule has 0 aromatic heterocycles. The van der Waals surface area contributed by atoms with Gasteiger partial charge in [0.05, 0.1) is 23.2 Å². The molecule has 0 spiro atoms. The fourth-order valence-electron chi connectivity index (χ4n) is 4.53. The Morgan fingerprint density at radius 2 is 2.00 bits per heavy atom. The van der Waals surface area contributed by atoms with Crippen molar-refractivity contribution in [2.24, 2.45) is 11.3 Å². The number of hydrogen-bond donors (Lipinski definition) is 1. The van der Waals surface area contributed by atoms with E-state index in [1.807, 2.05) is 13.0 Å². The predicted octanol–water partition coefficient (Wildman–Crippen LogP) is 3.89. The summed E-state index contributed by atoms with van der Waals surface area (Å²) < 4.78 is 55.0. The standard InChI is InChI=1S/C21H24F4N2O2/c1-5-6-17-20(11(2)3,19(28)29)18(15(10-26)12(4)27-17)14-8-7-13(22)9-16(14)21(23,24)25/h7-9,11,17-18,27H,5-6H2,1-4H3,(H,28,29)/p-1. The van der Waals surface area contributed by atoms with Crippen LogP contribution >= 0.6 is 0 Å². The van der Waals surface area contributed by atoms with Crippen molar-refractivity contribution in [2.75, 3.05) is 0 Å². The van der Waals surface area contributed by atoms with Crippen LogP contribution in [0, 0.1) is 28.5 Å². The summed E-state index contributed by atoms with van der Waals surface area (Å²) in [4.78, 5) is 12.5. The molecule has 0 saturated carbocycles. The Hall–Kier alpha value is -2.56. The topological polar surface area (TPSA) is 76.0 Å². The van der Waals surface area contributed by atoms with Gasteiger partial charge in [-0.15, -0.1) is 0 Å². The molecule has 158 valence electrons. The van der Waals surface area contributed by atoms with E-state index in [0.717, 1.165) is 12.1 Å². The van der Waals surface area contributed by atoms with E-state index in [9.17, 15) is 32.7 Å². The molecule has 1 aliphatic heterocycles. The normalized spacial score (nSPS) is 25.0. The van der Waals surface area contributed by atoms with Crippen molar-refractivity contribution in [3.8, 4) is 6.07 Å². The zero-order chi connectivity index (χ0) is 22.1. The predicted molar refractivity (Wildman–Crippen MR) is 96.6 cm³/mol. The van der Waals surface area contributed by atoms with Crippen LogP contribution in [0.15, 0.2) is 29.5 Å². The van der Waals surface area contributed by atoms with Gasteiger partial charge in [-0.1, -0.05) is 33.3 Å². The molecule has 8 heteroatoms. The molecule has 0 bridgehead atoms. The second-order valence-corrected chi connectivity index (χ2v) is 7.67. The molecule has 0 radical (unpaired) electrons. The average Bonchev–Trinajstić information content (AvgIpc) is 2.60. The molecule has 0 amide bonds. The first-order chi connectivity index (χ1) is 13.4. The summed E-state index contributed by atoms with van der Waals surface area (Å²) in [6.45, 7) is 6.53. The highest BCUT2D eigenvalue weighted by Crippen LogP contribution is 2.54. The third-order valence-corrected chi connectivity index (χ3v) is 5.78. The minimum Gasteiger partial charge on any atom is -0.549 e. The second-order valence-electron chi connectivity index (χ2n) is 7.67. The number of benzene rings is 1. The summed E-state index contributed by atoms with van der Waals surface area (Å²) >= 11 is 0. The number of alkyl halides is 3. The first kappa shape index (κ1) is 22.7. The minimum atomic E-state index is -4.92. The molecule has 0 aliphatic carbocycles. The molecule has 0 fully saturated rings. The van der Waals surface area contributed by atoms with Crippen LogP contribution in [0.3, 0.4) is 0 Å². The van der Waals surface area contributed by atoms with Gasteiger partial charge in [0, 0.05) is 23.1 Å². The van der Waals surface area contributed by atoms with Gasteiger partial charge in [-0.05, 0) is 37.0 Å². The number of halogens is 4. The minimum absolute atomic E-state index is 0.118. The number of hydrogen-bond acceptors (Lipinski definition) is 4. The third-order valence-electron chi connectivity index (χ3n) is 5.78. The van der Waals surface area contributed by atoms with Gasteiger partial charge in [0.25, 0.3) is 0 Å². The molecule has 2 rings (SSSR count). The largest absolute Gasteiger partial charge is 0.549 e. The molecule has 29 heavy (non-hydrogen) atoms. The van der Waals surface area contributed by atoms with Gasteiger partial charge in [0.1, 0.15) is 5.82 Å². The maximum Gasteiger partial charge on any atom is 0.416 e. The molecular formula is C21H23F4N2O2-. The molecule has 1 aliphatic rings. The maximum atomic E-state index is 13.8. The van der Waals surface area contributed by atoms with Gasteiger partial charge >= 0.3 is 6.18 Å². The Labute approximate surface area is 167 Å². The Kier molecular flexibility index (Phi) is 6.31. The summed E-state index contributed by atoms with van der Waals surface area (Å²) in [5, 5.41) is 25.3. The van der Waals surface area contributed by atoms with Crippen molar-refractivity contribution < 1.29 is 27.5 Å². The zero-order valence-electron chi connectivity index (χ0n) is 16.7. The quantitative estimate of drug-likeness (QED) is 0.746. The van der Waals surface area contributed by atoms with E-state index in [4.69, 9.17) is 0 Å². The molecule has 3 unspecified atom stereocenters. The number of carboxylic acids is 1.